The van der Waals surface area contributed by atoms with Crippen molar-refractivity contribution in [3.63, 3.8) is 0 Å². The molecule has 10 heteroatoms. The standard InChI is InChI=1S/C40H30N4O4S2/c1-26-17-19-27(20-18-26)34-25-49-40(33(34)24-41)44-39(47)36(28-10-4-2-5-11-28)50-32-16-8-14-30(22-32)42-38(46)35(23-31-15-9-21-48-31)43-37(45)29-12-6-3-7-13-29/h2-23,25,36H,1H3,(H,42,46)(H,43,45)(H,44,47)/b35-23-. The van der Waals surface area contributed by atoms with Crippen molar-refractivity contribution >= 4 is 57.6 Å². The minimum Gasteiger partial charge on any atom is -0.465 e. The largest absolute Gasteiger partial charge is 0.465 e. The number of hydrogen-bond acceptors (Lipinski definition) is 7. The van der Waals surface area contributed by atoms with Crippen LogP contribution in [0.1, 0.15) is 38.1 Å². The first-order chi connectivity index (χ1) is 24.4. The van der Waals surface area contributed by atoms with Gasteiger partial charge in [0, 0.05) is 33.2 Å². The van der Waals surface area contributed by atoms with Crippen LogP contribution in [0.5, 0.6) is 0 Å². The number of nitrogens with zero attached hydrogens (tertiary/aromatic N) is 1. The summed E-state index contributed by atoms with van der Waals surface area (Å²) in [6, 6.07) is 38.6. The number of carbonyl (C=O) groups excluding carboxylic acids is 3. The first-order valence-electron chi connectivity index (χ1n) is 15.5. The van der Waals surface area contributed by atoms with Gasteiger partial charge in [0.2, 0.25) is 5.91 Å². The monoisotopic (exact) mass is 694 g/mol. The Morgan fingerprint density at radius 3 is 2.30 bits per heavy atom. The lowest BCUT2D eigenvalue weighted by molar-refractivity contribution is -0.116. The SMILES string of the molecule is Cc1ccc(-c2csc(NC(=O)C(Sc3cccc(NC(=O)/C(=C/c4ccco4)NC(=O)c4ccccc4)c3)c3ccccc3)c2C#N)cc1. The summed E-state index contributed by atoms with van der Waals surface area (Å²) < 4.78 is 5.40. The number of benzene rings is 4. The summed E-state index contributed by atoms with van der Waals surface area (Å²) in [5.74, 6) is -0.912. The van der Waals surface area contributed by atoms with Gasteiger partial charge in [0.05, 0.1) is 11.8 Å². The van der Waals surface area contributed by atoms with Gasteiger partial charge in [-0.25, -0.2) is 0 Å². The Labute approximate surface area is 297 Å². The Balaban J connectivity index is 1.22. The number of rotatable bonds is 11. The summed E-state index contributed by atoms with van der Waals surface area (Å²) >= 11 is 2.62. The molecule has 50 heavy (non-hydrogen) atoms. The van der Waals surface area contributed by atoms with Gasteiger partial charge in [0.25, 0.3) is 11.8 Å². The predicted octanol–water partition coefficient (Wildman–Crippen LogP) is 9.07. The van der Waals surface area contributed by atoms with E-state index in [0.29, 0.717) is 32.5 Å². The number of thiophene rings is 1. The Morgan fingerprint density at radius 1 is 0.860 bits per heavy atom. The maximum absolute atomic E-state index is 13.9. The molecule has 1 atom stereocenters. The van der Waals surface area contributed by atoms with E-state index >= 15 is 0 Å². The molecule has 6 aromatic rings. The van der Waals surface area contributed by atoms with Gasteiger partial charge >= 0.3 is 0 Å². The van der Waals surface area contributed by atoms with E-state index in [4.69, 9.17) is 4.42 Å². The molecule has 0 radical (unpaired) electrons. The molecular formula is C40H30N4O4S2. The molecule has 0 aliphatic rings. The van der Waals surface area contributed by atoms with Gasteiger partial charge in [0.1, 0.15) is 27.8 Å². The van der Waals surface area contributed by atoms with Crippen molar-refractivity contribution in [2.75, 3.05) is 10.6 Å². The fraction of sp³-hybridized carbons (Fsp3) is 0.0500. The number of amides is 3. The van der Waals surface area contributed by atoms with Crippen LogP contribution in [-0.4, -0.2) is 17.7 Å². The van der Waals surface area contributed by atoms with Crippen molar-refractivity contribution in [1.82, 2.24) is 5.32 Å². The second kappa shape index (κ2) is 15.8. The topological polar surface area (TPSA) is 124 Å². The quantitative estimate of drug-likeness (QED) is 0.0918. The molecule has 1 unspecified atom stereocenters. The van der Waals surface area contributed by atoms with E-state index < -0.39 is 17.1 Å². The van der Waals surface area contributed by atoms with Crippen LogP contribution in [0, 0.1) is 18.3 Å². The molecule has 0 aliphatic heterocycles. The number of carbonyl (C=O) groups is 3. The van der Waals surface area contributed by atoms with E-state index in [9.17, 15) is 19.6 Å². The third kappa shape index (κ3) is 8.28. The van der Waals surface area contributed by atoms with Gasteiger partial charge in [0.15, 0.2) is 0 Å². The second-order valence-electron chi connectivity index (χ2n) is 11.1. The smallest absolute Gasteiger partial charge is 0.272 e. The normalized spacial score (nSPS) is 11.6. The zero-order valence-corrected chi connectivity index (χ0v) is 28.4. The highest BCUT2D eigenvalue weighted by Gasteiger charge is 2.25. The number of anilines is 2. The molecule has 0 saturated heterocycles. The molecule has 6 rings (SSSR count). The first kappa shape index (κ1) is 33.7. The fourth-order valence-electron chi connectivity index (χ4n) is 5.02. The van der Waals surface area contributed by atoms with Gasteiger partial charge in [-0.1, -0.05) is 84.4 Å². The van der Waals surface area contributed by atoms with Crippen molar-refractivity contribution < 1.29 is 18.8 Å². The molecule has 2 aromatic heterocycles. The van der Waals surface area contributed by atoms with Crippen LogP contribution in [0.15, 0.2) is 148 Å². The molecule has 3 N–H and O–H groups in total. The van der Waals surface area contributed by atoms with E-state index in [1.165, 1.54) is 35.4 Å². The summed E-state index contributed by atoms with van der Waals surface area (Å²) in [4.78, 5) is 41.1. The van der Waals surface area contributed by atoms with E-state index in [2.05, 4.69) is 22.0 Å². The third-order valence-corrected chi connectivity index (χ3v) is 9.69. The maximum Gasteiger partial charge on any atom is 0.272 e. The molecule has 4 aromatic carbocycles. The molecule has 0 fully saturated rings. The second-order valence-corrected chi connectivity index (χ2v) is 13.2. The van der Waals surface area contributed by atoms with E-state index in [1.54, 1.807) is 60.7 Å². The maximum atomic E-state index is 13.9. The molecule has 8 nitrogen and oxygen atoms in total. The Hall–Kier alpha value is -6.15. The van der Waals surface area contributed by atoms with Gasteiger partial charge in [-0.2, -0.15) is 5.26 Å². The van der Waals surface area contributed by atoms with Crippen molar-refractivity contribution in [3.8, 4) is 17.2 Å². The lowest BCUT2D eigenvalue weighted by Gasteiger charge is -2.17. The summed E-state index contributed by atoms with van der Waals surface area (Å²) in [7, 11) is 0. The summed E-state index contributed by atoms with van der Waals surface area (Å²) in [6.07, 6.45) is 2.93. The van der Waals surface area contributed by atoms with Crippen LogP contribution in [0.2, 0.25) is 0 Å². The summed E-state index contributed by atoms with van der Waals surface area (Å²) in [5, 5.41) is 20.3. The predicted molar refractivity (Wildman–Crippen MR) is 199 cm³/mol. The van der Waals surface area contributed by atoms with E-state index in [-0.39, 0.29) is 11.6 Å². The van der Waals surface area contributed by atoms with E-state index in [0.717, 1.165) is 22.3 Å². The lowest BCUT2D eigenvalue weighted by Crippen LogP contribution is -2.30. The zero-order valence-electron chi connectivity index (χ0n) is 26.8. The third-order valence-electron chi connectivity index (χ3n) is 7.55. The van der Waals surface area contributed by atoms with Crippen molar-refractivity contribution in [2.45, 2.75) is 17.1 Å². The van der Waals surface area contributed by atoms with Crippen molar-refractivity contribution in [1.29, 1.82) is 5.26 Å². The molecule has 2 heterocycles. The highest BCUT2D eigenvalue weighted by atomic mass is 32.2. The fourth-order valence-corrected chi connectivity index (χ4v) is 7.03. The average Bonchev–Trinajstić information content (AvgIpc) is 3.81. The highest BCUT2D eigenvalue weighted by molar-refractivity contribution is 8.00. The molecule has 0 aliphatic carbocycles. The Bertz CT molecular complexity index is 2190. The number of aryl methyl sites for hydroxylation is 1. The molecule has 0 spiro atoms. The van der Waals surface area contributed by atoms with Crippen LogP contribution in [0.3, 0.4) is 0 Å². The summed E-state index contributed by atoms with van der Waals surface area (Å²) in [6.45, 7) is 2.00. The number of nitriles is 1. The number of furan rings is 1. The average molecular weight is 695 g/mol. The highest BCUT2D eigenvalue weighted by Crippen LogP contribution is 2.40. The van der Waals surface area contributed by atoms with E-state index in [1.807, 2.05) is 73.0 Å². The number of nitrogens with one attached hydrogen (secondary N) is 3. The number of hydrogen-bond donors (Lipinski definition) is 3. The van der Waals surface area contributed by atoms with Gasteiger partial charge < -0.3 is 20.4 Å². The lowest BCUT2D eigenvalue weighted by atomic mass is 10.0. The molecular weight excluding hydrogens is 665 g/mol. The molecule has 0 saturated carbocycles. The van der Waals surface area contributed by atoms with Gasteiger partial charge in [-0.05, 0) is 60.5 Å². The molecule has 0 bridgehead atoms. The van der Waals surface area contributed by atoms with Gasteiger partial charge in [-0.3, -0.25) is 14.4 Å². The van der Waals surface area contributed by atoms with Crippen LogP contribution >= 0.6 is 23.1 Å². The minimum atomic E-state index is -0.682. The van der Waals surface area contributed by atoms with Crippen molar-refractivity contribution in [2.24, 2.45) is 0 Å². The van der Waals surface area contributed by atoms with Gasteiger partial charge in [-0.15, -0.1) is 23.1 Å². The Morgan fingerprint density at radius 2 is 1.60 bits per heavy atom. The van der Waals surface area contributed by atoms with Crippen LogP contribution < -0.4 is 16.0 Å². The first-order valence-corrected chi connectivity index (χ1v) is 17.3. The Kier molecular flexibility index (Phi) is 10.7. The minimum absolute atomic E-state index is 0.0114. The zero-order chi connectivity index (χ0) is 34.9. The summed E-state index contributed by atoms with van der Waals surface area (Å²) in [5.41, 5.74) is 4.80. The molecule has 3 amide bonds. The molecule has 246 valence electrons. The van der Waals surface area contributed by atoms with Crippen LogP contribution in [0.25, 0.3) is 17.2 Å². The van der Waals surface area contributed by atoms with Crippen LogP contribution in [-0.2, 0) is 9.59 Å². The van der Waals surface area contributed by atoms with Crippen LogP contribution in [0.4, 0.5) is 10.7 Å². The van der Waals surface area contributed by atoms with Crippen molar-refractivity contribution in [3.05, 3.63) is 167 Å². The number of thioether (sulfide) groups is 1.